The van der Waals surface area contributed by atoms with Crippen LogP contribution in [0.1, 0.15) is 41.1 Å². The Morgan fingerprint density at radius 2 is 1.74 bits per heavy atom. The van der Waals surface area contributed by atoms with E-state index in [0.29, 0.717) is 31.7 Å². The summed E-state index contributed by atoms with van der Waals surface area (Å²) in [5.41, 5.74) is 0.268. The molecule has 0 radical (unpaired) electrons. The first-order valence-corrected chi connectivity index (χ1v) is 7.67. The van der Waals surface area contributed by atoms with Crippen molar-refractivity contribution in [3.05, 3.63) is 29.6 Å². The lowest BCUT2D eigenvalue weighted by atomic mass is 10.2. The molecule has 124 valence electrons. The van der Waals surface area contributed by atoms with Crippen LogP contribution < -0.4 is 0 Å². The normalized spacial score (nSPS) is 15.4. The minimum atomic E-state index is -1.12. The molecule has 2 amide bonds. The van der Waals surface area contributed by atoms with E-state index < -0.39 is 5.97 Å². The third-order valence-corrected chi connectivity index (χ3v) is 3.82. The molecule has 7 nitrogen and oxygen atoms in total. The second kappa shape index (κ2) is 7.21. The molecule has 23 heavy (non-hydrogen) atoms. The standard InChI is InChI=1S/C16H21N3O4/c1-11(2)14(20)18-6-3-7-19(9-8-18)15(21)12-4-5-13(16(22)23)17-10-12/h4-5,10-11H,3,6-9H2,1-2H3,(H,22,23). The van der Waals surface area contributed by atoms with Crippen LogP contribution in [0.5, 0.6) is 0 Å². The number of carbonyl (C=O) groups excluding carboxylic acids is 2. The van der Waals surface area contributed by atoms with E-state index >= 15 is 0 Å². The maximum absolute atomic E-state index is 12.5. The fraction of sp³-hybridized carbons (Fsp3) is 0.500. The number of nitrogens with zero attached hydrogens (tertiary/aromatic N) is 3. The van der Waals surface area contributed by atoms with E-state index in [1.807, 2.05) is 13.8 Å². The Hall–Kier alpha value is -2.44. The van der Waals surface area contributed by atoms with Crippen LogP contribution >= 0.6 is 0 Å². The van der Waals surface area contributed by atoms with E-state index in [4.69, 9.17) is 5.11 Å². The lowest BCUT2D eigenvalue weighted by Crippen LogP contribution is -2.39. The predicted octanol–water partition coefficient (Wildman–Crippen LogP) is 1.11. The van der Waals surface area contributed by atoms with Gasteiger partial charge in [0.2, 0.25) is 5.91 Å². The number of amides is 2. The number of rotatable bonds is 3. The third-order valence-electron chi connectivity index (χ3n) is 3.82. The highest BCUT2D eigenvalue weighted by Gasteiger charge is 2.24. The molecule has 1 saturated heterocycles. The van der Waals surface area contributed by atoms with Crippen LogP contribution in [0.2, 0.25) is 0 Å². The molecular weight excluding hydrogens is 298 g/mol. The topological polar surface area (TPSA) is 90.8 Å². The average molecular weight is 319 g/mol. The zero-order valence-electron chi connectivity index (χ0n) is 13.4. The Morgan fingerprint density at radius 3 is 2.30 bits per heavy atom. The Morgan fingerprint density at radius 1 is 1.09 bits per heavy atom. The highest BCUT2D eigenvalue weighted by Crippen LogP contribution is 2.11. The van der Waals surface area contributed by atoms with Gasteiger partial charge in [0.05, 0.1) is 5.56 Å². The Kier molecular flexibility index (Phi) is 5.31. The summed E-state index contributed by atoms with van der Waals surface area (Å²) < 4.78 is 0. The second-order valence-corrected chi connectivity index (χ2v) is 5.86. The van der Waals surface area contributed by atoms with E-state index in [9.17, 15) is 14.4 Å². The summed E-state index contributed by atoms with van der Waals surface area (Å²) >= 11 is 0. The van der Waals surface area contributed by atoms with Crippen molar-refractivity contribution in [3.63, 3.8) is 0 Å². The Bertz CT molecular complexity index is 598. The fourth-order valence-electron chi connectivity index (χ4n) is 2.54. The smallest absolute Gasteiger partial charge is 0.354 e. The molecule has 2 rings (SSSR count). The van der Waals surface area contributed by atoms with Gasteiger partial charge in [-0.1, -0.05) is 13.8 Å². The van der Waals surface area contributed by atoms with Gasteiger partial charge < -0.3 is 14.9 Å². The van der Waals surface area contributed by atoms with Crippen LogP contribution in [0.25, 0.3) is 0 Å². The van der Waals surface area contributed by atoms with Gasteiger partial charge in [-0.05, 0) is 18.6 Å². The van der Waals surface area contributed by atoms with Crippen LogP contribution in [0, 0.1) is 5.92 Å². The van der Waals surface area contributed by atoms with Gasteiger partial charge in [0, 0.05) is 38.3 Å². The molecule has 1 aliphatic rings. The summed E-state index contributed by atoms with van der Waals surface area (Å²) in [5, 5.41) is 8.83. The van der Waals surface area contributed by atoms with Gasteiger partial charge in [-0.2, -0.15) is 0 Å². The number of pyridine rings is 1. The number of carboxylic acids is 1. The van der Waals surface area contributed by atoms with Crippen LogP contribution in [0.4, 0.5) is 0 Å². The van der Waals surface area contributed by atoms with Crippen molar-refractivity contribution in [3.8, 4) is 0 Å². The van der Waals surface area contributed by atoms with Crippen LogP contribution in [-0.4, -0.2) is 63.9 Å². The van der Waals surface area contributed by atoms with Crippen LogP contribution in [0.3, 0.4) is 0 Å². The highest BCUT2D eigenvalue weighted by atomic mass is 16.4. The van der Waals surface area contributed by atoms with E-state index in [0.717, 1.165) is 6.42 Å². The first-order chi connectivity index (χ1) is 10.9. The van der Waals surface area contributed by atoms with Gasteiger partial charge in [-0.3, -0.25) is 9.59 Å². The first kappa shape index (κ1) is 16.9. The number of hydrogen-bond acceptors (Lipinski definition) is 4. The minimum absolute atomic E-state index is 0.0509. The van der Waals surface area contributed by atoms with E-state index in [1.54, 1.807) is 9.80 Å². The van der Waals surface area contributed by atoms with Gasteiger partial charge in [-0.25, -0.2) is 9.78 Å². The first-order valence-electron chi connectivity index (χ1n) is 7.67. The number of aromatic carboxylic acids is 1. The van der Waals surface area contributed by atoms with Crippen molar-refractivity contribution in [2.45, 2.75) is 20.3 Å². The van der Waals surface area contributed by atoms with Crippen molar-refractivity contribution >= 4 is 17.8 Å². The van der Waals surface area contributed by atoms with Gasteiger partial charge in [0.1, 0.15) is 5.69 Å². The summed E-state index contributed by atoms with van der Waals surface area (Å²) in [6.07, 6.45) is 2.01. The van der Waals surface area contributed by atoms with Gasteiger partial charge in [0.15, 0.2) is 0 Å². The van der Waals surface area contributed by atoms with Crippen molar-refractivity contribution in [2.75, 3.05) is 26.2 Å². The van der Waals surface area contributed by atoms with Gasteiger partial charge >= 0.3 is 5.97 Å². The SMILES string of the molecule is CC(C)C(=O)N1CCCN(C(=O)c2ccc(C(=O)O)nc2)CC1. The molecule has 1 N–H and O–H groups in total. The van der Waals surface area contributed by atoms with Crippen LogP contribution in [0.15, 0.2) is 18.3 Å². The largest absolute Gasteiger partial charge is 0.477 e. The van der Waals surface area contributed by atoms with Crippen molar-refractivity contribution < 1.29 is 19.5 Å². The summed E-state index contributed by atoms with van der Waals surface area (Å²) in [7, 11) is 0. The molecular formula is C16H21N3O4. The number of hydrogen-bond donors (Lipinski definition) is 1. The van der Waals surface area contributed by atoms with Crippen LogP contribution in [-0.2, 0) is 4.79 Å². The molecule has 0 saturated carbocycles. The molecule has 1 aromatic heterocycles. The highest BCUT2D eigenvalue weighted by molar-refractivity contribution is 5.95. The predicted molar refractivity (Wildman–Crippen MR) is 83.1 cm³/mol. The van der Waals surface area contributed by atoms with Crippen molar-refractivity contribution in [1.82, 2.24) is 14.8 Å². The molecule has 2 heterocycles. The summed E-state index contributed by atoms with van der Waals surface area (Å²) in [6, 6.07) is 2.79. The Labute approximate surface area is 134 Å². The quantitative estimate of drug-likeness (QED) is 0.901. The molecule has 0 unspecified atom stereocenters. The van der Waals surface area contributed by atoms with E-state index in [1.165, 1.54) is 18.3 Å². The molecule has 0 spiro atoms. The monoisotopic (exact) mass is 319 g/mol. The number of carbonyl (C=O) groups is 3. The lowest BCUT2D eigenvalue weighted by Gasteiger charge is -2.23. The second-order valence-electron chi connectivity index (χ2n) is 5.86. The zero-order chi connectivity index (χ0) is 17.0. The summed E-state index contributed by atoms with van der Waals surface area (Å²) in [4.78, 5) is 42.6. The molecule has 1 aromatic rings. The molecule has 7 heteroatoms. The molecule has 0 aromatic carbocycles. The minimum Gasteiger partial charge on any atom is -0.477 e. The maximum Gasteiger partial charge on any atom is 0.354 e. The number of carboxylic acid groups (broad SMARTS) is 1. The average Bonchev–Trinajstić information content (AvgIpc) is 2.79. The third kappa shape index (κ3) is 4.06. The molecule has 0 aliphatic carbocycles. The van der Waals surface area contributed by atoms with Gasteiger partial charge in [-0.15, -0.1) is 0 Å². The lowest BCUT2D eigenvalue weighted by molar-refractivity contribution is -0.134. The summed E-state index contributed by atoms with van der Waals surface area (Å²) in [5.74, 6) is -1.26. The van der Waals surface area contributed by atoms with E-state index in [-0.39, 0.29) is 23.4 Å². The number of aromatic nitrogens is 1. The Balaban J connectivity index is 2.03. The zero-order valence-corrected chi connectivity index (χ0v) is 13.4. The van der Waals surface area contributed by atoms with E-state index in [2.05, 4.69) is 4.98 Å². The van der Waals surface area contributed by atoms with Crippen molar-refractivity contribution in [2.24, 2.45) is 5.92 Å². The maximum atomic E-state index is 12.5. The fourth-order valence-corrected chi connectivity index (χ4v) is 2.54. The molecule has 1 fully saturated rings. The summed E-state index contributed by atoms with van der Waals surface area (Å²) in [6.45, 7) is 5.94. The van der Waals surface area contributed by atoms with Gasteiger partial charge in [0.25, 0.3) is 5.91 Å². The molecule has 1 aliphatic heterocycles. The molecule has 0 atom stereocenters. The molecule has 0 bridgehead atoms. The van der Waals surface area contributed by atoms with Crippen molar-refractivity contribution in [1.29, 1.82) is 0 Å².